The van der Waals surface area contributed by atoms with E-state index in [9.17, 15) is 33.6 Å². The summed E-state index contributed by atoms with van der Waals surface area (Å²) in [7, 11) is 0. The van der Waals surface area contributed by atoms with Gasteiger partial charge in [0.1, 0.15) is 6.61 Å². The Bertz CT molecular complexity index is 1430. The molecule has 1 aromatic heterocycles. The maximum Gasteiger partial charge on any atom is 0.347 e. The molecule has 1 aliphatic heterocycles. The van der Waals surface area contributed by atoms with Crippen molar-refractivity contribution in [3.05, 3.63) is 0 Å². The molecule has 0 saturated carbocycles. The van der Waals surface area contributed by atoms with Gasteiger partial charge >= 0.3 is 35.8 Å². The Morgan fingerprint density at radius 3 is 1.85 bits per heavy atom. The predicted octanol–water partition coefficient (Wildman–Crippen LogP) is 1.38. The third-order valence-corrected chi connectivity index (χ3v) is 7.82. The molecule has 298 valence electrons. The molecule has 19 nitrogen and oxygen atoms in total. The van der Waals surface area contributed by atoms with Gasteiger partial charge in [-0.2, -0.15) is 4.37 Å². The molecule has 1 saturated heterocycles. The number of amides is 1. The standard InChI is InChI=1S/C33H50N4O15S/c1-10-46-25(39)11-12-26(40)52-24(18-47-28-27(34-53-35-28)36-13-15-45-16-14-36)17-37(33(7,8)9)29(41)19(2)49-31(43)21(4)51-32(44)22(5)50-30(42)20(3)48-23(6)38/h19-22,24H,10-18H2,1-9H3/t19?,20?,21?,22?,24-/m0/s1. The first-order chi connectivity index (χ1) is 24.8. The number of aromatic nitrogens is 2. The van der Waals surface area contributed by atoms with Crippen LogP contribution in [0.1, 0.15) is 75.2 Å². The van der Waals surface area contributed by atoms with Crippen LogP contribution in [0, 0.1) is 0 Å². The van der Waals surface area contributed by atoms with Gasteiger partial charge in [0.2, 0.25) is 5.82 Å². The van der Waals surface area contributed by atoms with Crippen LogP contribution >= 0.6 is 11.7 Å². The maximum absolute atomic E-state index is 13.8. The summed E-state index contributed by atoms with van der Waals surface area (Å²) in [5, 5.41) is 0. The number of morpholine rings is 1. The average molecular weight is 775 g/mol. The molecule has 0 N–H and O–H groups in total. The number of ether oxygens (including phenoxy) is 8. The van der Waals surface area contributed by atoms with Gasteiger partial charge in [0, 0.05) is 25.6 Å². The highest BCUT2D eigenvalue weighted by atomic mass is 32.1. The third kappa shape index (κ3) is 15.1. The zero-order chi connectivity index (χ0) is 39.9. The molecule has 1 aliphatic rings. The van der Waals surface area contributed by atoms with Gasteiger partial charge in [0.25, 0.3) is 11.8 Å². The lowest BCUT2D eigenvalue weighted by atomic mass is 10.0. The molecule has 1 aromatic rings. The lowest BCUT2D eigenvalue weighted by Crippen LogP contribution is -2.54. The van der Waals surface area contributed by atoms with E-state index in [0.717, 1.165) is 18.7 Å². The highest BCUT2D eigenvalue weighted by molar-refractivity contribution is 6.99. The number of esters is 6. The fourth-order valence-corrected chi connectivity index (χ4v) is 5.10. The molecule has 2 rings (SSSR count). The Morgan fingerprint density at radius 2 is 1.32 bits per heavy atom. The largest absolute Gasteiger partial charge is 0.470 e. The SMILES string of the molecule is CCOC(=O)CCC(=O)O[C@H](COc1nsnc1N1CCOCC1)CN(C(=O)C(C)OC(=O)C(C)OC(=O)C(C)OC(=O)C(C)OC(C)=O)C(C)(C)C. The Labute approximate surface area is 312 Å². The van der Waals surface area contributed by atoms with Gasteiger partial charge in [-0.05, 0) is 55.4 Å². The van der Waals surface area contributed by atoms with E-state index in [4.69, 9.17) is 37.9 Å². The Balaban J connectivity index is 2.14. The van der Waals surface area contributed by atoms with E-state index in [2.05, 4.69) is 8.75 Å². The van der Waals surface area contributed by atoms with Crippen LogP contribution in [-0.2, 0) is 66.7 Å². The first kappa shape index (κ1) is 44.6. The average Bonchev–Trinajstić information content (AvgIpc) is 3.56. The van der Waals surface area contributed by atoms with Crippen LogP contribution in [0.15, 0.2) is 0 Å². The molecule has 0 radical (unpaired) electrons. The van der Waals surface area contributed by atoms with E-state index in [-0.39, 0.29) is 38.5 Å². The second-order valence-corrected chi connectivity index (χ2v) is 13.4. The fourth-order valence-electron chi connectivity index (χ4n) is 4.58. The summed E-state index contributed by atoms with van der Waals surface area (Å²) in [4.78, 5) is 90.4. The van der Waals surface area contributed by atoms with Crippen LogP contribution in [0.4, 0.5) is 5.82 Å². The monoisotopic (exact) mass is 774 g/mol. The number of nitrogens with zero attached hydrogens (tertiary/aromatic N) is 4. The summed E-state index contributed by atoms with van der Waals surface area (Å²) in [6, 6.07) is 0. The van der Waals surface area contributed by atoms with Gasteiger partial charge in [-0.1, -0.05) is 0 Å². The van der Waals surface area contributed by atoms with Gasteiger partial charge in [-0.3, -0.25) is 19.2 Å². The first-order valence-corrected chi connectivity index (χ1v) is 17.8. The third-order valence-electron chi connectivity index (χ3n) is 7.32. The van der Waals surface area contributed by atoms with E-state index in [1.807, 2.05) is 4.90 Å². The topological polar surface area (TPSA) is 226 Å². The number of carbonyl (C=O) groups excluding carboxylic acids is 7. The summed E-state index contributed by atoms with van der Waals surface area (Å²) in [5.41, 5.74) is -0.908. The number of carbonyl (C=O) groups is 7. The normalized spacial score (nSPS) is 15.8. The van der Waals surface area contributed by atoms with Crippen molar-refractivity contribution in [2.45, 2.75) is 111 Å². The highest BCUT2D eigenvalue weighted by Crippen LogP contribution is 2.27. The quantitative estimate of drug-likeness (QED) is 0.143. The second-order valence-electron chi connectivity index (χ2n) is 12.8. The summed E-state index contributed by atoms with van der Waals surface area (Å²) in [5.74, 6) is -5.19. The molecule has 53 heavy (non-hydrogen) atoms. The lowest BCUT2D eigenvalue weighted by molar-refractivity contribution is -0.184. The minimum absolute atomic E-state index is 0.150. The van der Waals surface area contributed by atoms with Crippen molar-refractivity contribution < 1.29 is 71.5 Å². The van der Waals surface area contributed by atoms with E-state index < -0.39 is 77.8 Å². The van der Waals surface area contributed by atoms with Crippen molar-refractivity contribution in [1.82, 2.24) is 13.6 Å². The predicted molar refractivity (Wildman–Crippen MR) is 184 cm³/mol. The molecular weight excluding hydrogens is 724 g/mol. The molecule has 1 amide bonds. The number of anilines is 1. The summed E-state index contributed by atoms with van der Waals surface area (Å²) in [6.07, 6.45) is -7.24. The zero-order valence-corrected chi connectivity index (χ0v) is 32.4. The smallest absolute Gasteiger partial charge is 0.347 e. The first-order valence-electron chi connectivity index (χ1n) is 17.1. The van der Waals surface area contributed by atoms with E-state index in [1.165, 1.54) is 32.6 Å². The highest BCUT2D eigenvalue weighted by Gasteiger charge is 2.36. The van der Waals surface area contributed by atoms with Crippen molar-refractivity contribution in [3.63, 3.8) is 0 Å². The van der Waals surface area contributed by atoms with Crippen LogP contribution in [0.3, 0.4) is 0 Å². The van der Waals surface area contributed by atoms with Gasteiger partial charge < -0.3 is 47.7 Å². The van der Waals surface area contributed by atoms with Crippen molar-refractivity contribution >= 4 is 59.3 Å². The Kier molecular flexibility index (Phi) is 17.8. The van der Waals surface area contributed by atoms with Crippen LogP contribution < -0.4 is 9.64 Å². The minimum atomic E-state index is -1.51. The zero-order valence-electron chi connectivity index (χ0n) is 31.6. The molecule has 2 heterocycles. The fraction of sp³-hybridized carbons (Fsp3) is 0.727. The molecule has 0 bridgehead atoms. The molecule has 0 aliphatic carbocycles. The summed E-state index contributed by atoms with van der Waals surface area (Å²) >= 11 is 0.938. The van der Waals surface area contributed by atoms with Crippen molar-refractivity contribution in [2.24, 2.45) is 0 Å². The van der Waals surface area contributed by atoms with Crippen molar-refractivity contribution in [1.29, 1.82) is 0 Å². The van der Waals surface area contributed by atoms with Gasteiger partial charge in [0.15, 0.2) is 30.5 Å². The molecule has 4 unspecified atom stereocenters. The number of rotatable bonds is 19. The molecule has 5 atom stereocenters. The van der Waals surface area contributed by atoms with Crippen LogP contribution in [0.25, 0.3) is 0 Å². The van der Waals surface area contributed by atoms with Crippen LogP contribution in [-0.4, -0.2) is 137 Å². The maximum atomic E-state index is 13.8. The van der Waals surface area contributed by atoms with Crippen LogP contribution in [0.5, 0.6) is 5.88 Å². The van der Waals surface area contributed by atoms with E-state index >= 15 is 0 Å². The number of hydrogen-bond donors (Lipinski definition) is 0. The van der Waals surface area contributed by atoms with Crippen molar-refractivity contribution in [2.75, 3.05) is 51.0 Å². The summed E-state index contributed by atoms with van der Waals surface area (Å²) < 4.78 is 50.6. The molecule has 20 heteroatoms. The molecular formula is C33H50N4O15S. The molecule has 0 spiro atoms. The van der Waals surface area contributed by atoms with E-state index in [1.54, 1.807) is 27.7 Å². The molecule has 0 aromatic carbocycles. The van der Waals surface area contributed by atoms with Gasteiger partial charge in [0.05, 0.1) is 50.9 Å². The van der Waals surface area contributed by atoms with Gasteiger partial charge in [-0.25, -0.2) is 14.4 Å². The minimum Gasteiger partial charge on any atom is -0.470 e. The van der Waals surface area contributed by atoms with Gasteiger partial charge in [-0.15, -0.1) is 4.37 Å². The lowest BCUT2D eigenvalue weighted by Gasteiger charge is -2.39. The number of hydrogen-bond acceptors (Lipinski definition) is 19. The Morgan fingerprint density at radius 1 is 0.792 bits per heavy atom. The van der Waals surface area contributed by atoms with Crippen molar-refractivity contribution in [3.8, 4) is 5.88 Å². The summed E-state index contributed by atoms with van der Waals surface area (Å²) in [6.45, 7) is 14.7. The Hall–Kier alpha value is -4.59. The second kappa shape index (κ2) is 21.2. The van der Waals surface area contributed by atoms with E-state index in [0.29, 0.717) is 32.1 Å². The molecule has 1 fully saturated rings. The van der Waals surface area contributed by atoms with Crippen LogP contribution in [0.2, 0.25) is 0 Å².